The Labute approximate surface area is 269 Å². The molecular weight excluding hydrogens is 618 g/mol. The molecule has 46 heavy (non-hydrogen) atoms. The first-order chi connectivity index (χ1) is 21.5. The summed E-state index contributed by atoms with van der Waals surface area (Å²) in [7, 11) is -4.71. The molecule has 14 nitrogen and oxygen atoms in total. The van der Waals surface area contributed by atoms with Crippen molar-refractivity contribution in [1.29, 1.82) is 0 Å². The largest absolute Gasteiger partial charge is 0.343 e. The lowest BCUT2D eigenvalue weighted by atomic mass is 10.0. The van der Waals surface area contributed by atoms with Crippen molar-refractivity contribution >= 4 is 51.2 Å². The number of carbonyl (C=O) groups excluding carboxylic acids is 6. The van der Waals surface area contributed by atoms with Gasteiger partial charge >= 0.3 is 0 Å². The molecule has 15 heteroatoms. The van der Waals surface area contributed by atoms with E-state index >= 15 is 0 Å². The molecule has 0 spiro atoms. The van der Waals surface area contributed by atoms with Crippen LogP contribution in [0.15, 0.2) is 36.4 Å². The van der Waals surface area contributed by atoms with E-state index in [0.717, 1.165) is 16.9 Å². The Balaban J connectivity index is 1.93. The van der Waals surface area contributed by atoms with Crippen LogP contribution in [0, 0.1) is 11.8 Å². The highest BCUT2D eigenvalue weighted by molar-refractivity contribution is 7.85. The molecule has 1 aliphatic rings. The van der Waals surface area contributed by atoms with Gasteiger partial charge in [0, 0.05) is 30.8 Å². The number of amides is 6. The monoisotopic (exact) mass is 663 g/mol. The van der Waals surface area contributed by atoms with Gasteiger partial charge in [-0.1, -0.05) is 46.2 Å². The van der Waals surface area contributed by atoms with Gasteiger partial charge in [0.2, 0.25) is 23.6 Å². The molecule has 0 aliphatic carbocycles. The Morgan fingerprint density at radius 1 is 0.804 bits per heavy atom. The van der Waals surface area contributed by atoms with Gasteiger partial charge in [0.05, 0.1) is 0 Å². The molecule has 1 unspecified atom stereocenters. The number of benzene rings is 1. The molecule has 6 amide bonds. The molecule has 1 heterocycles. The van der Waals surface area contributed by atoms with E-state index in [0.29, 0.717) is 30.9 Å². The second-order valence-electron chi connectivity index (χ2n) is 12.1. The molecular formula is C31H45N5O9S. The summed E-state index contributed by atoms with van der Waals surface area (Å²) in [6, 6.07) is 3.44. The quantitative estimate of drug-likeness (QED) is 0.0871. The van der Waals surface area contributed by atoms with Crippen LogP contribution >= 0.6 is 0 Å². The normalized spacial score (nSPS) is 15.1. The van der Waals surface area contributed by atoms with Gasteiger partial charge in [-0.25, -0.2) is 0 Å². The van der Waals surface area contributed by atoms with E-state index in [2.05, 4.69) is 35.1 Å². The van der Waals surface area contributed by atoms with Gasteiger partial charge < -0.3 is 21.3 Å². The highest BCUT2D eigenvalue weighted by atomic mass is 32.2. The van der Waals surface area contributed by atoms with E-state index in [1.165, 1.54) is 19.1 Å². The third kappa shape index (κ3) is 13.1. The summed E-state index contributed by atoms with van der Waals surface area (Å²) in [6.45, 7) is 9.12. The molecule has 0 saturated carbocycles. The number of carbonyl (C=O) groups is 6. The number of rotatable bonds is 18. The molecule has 0 saturated heterocycles. The fraction of sp³-hybridized carbons (Fsp3) is 0.548. The highest BCUT2D eigenvalue weighted by Crippen LogP contribution is 2.14. The van der Waals surface area contributed by atoms with Crippen molar-refractivity contribution in [3.63, 3.8) is 0 Å². The zero-order valence-electron chi connectivity index (χ0n) is 26.9. The summed E-state index contributed by atoms with van der Waals surface area (Å²) in [4.78, 5) is 75.7. The first kappa shape index (κ1) is 38.1. The van der Waals surface area contributed by atoms with Crippen LogP contribution in [0.5, 0.6) is 0 Å². The average molecular weight is 664 g/mol. The van der Waals surface area contributed by atoms with Crippen LogP contribution in [-0.2, 0) is 45.3 Å². The second kappa shape index (κ2) is 17.5. The van der Waals surface area contributed by atoms with E-state index in [9.17, 15) is 41.7 Å². The SMILES string of the molecule is CC(C)Cc1ccc(NC(=O)[C@H](C)NC(=O)C(NC(=O)[C@H](CS(=O)(=O)O)NC(=O)CCCCCN2C(=O)C=CC2=O)C(C)C)cc1. The summed E-state index contributed by atoms with van der Waals surface area (Å²) in [5, 5.41) is 9.99. The first-order valence-electron chi connectivity index (χ1n) is 15.3. The fourth-order valence-electron chi connectivity index (χ4n) is 4.65. The van der Waals surface area contributed by atoms with E-state index in [1.807, 2.05) is 12.1 Å². The van der Waals surface area contributed by atoms with Crippen molar-refractivity contribution in [2.75, 3.05) is 17.6 Å². The Morgan fingerprint density at radius 2 is 1.41 bits per heavy atom. The van der Waals surface area contributed by atoms with Crippen molar-refractivity contribution in [2.24, 2.45) is 11.8 Å². The number of nitrogens with zero attached hydrogens (tertiary/aromatic N) is 1. The predicted octanol–water partition coefficient (Wildman–Crippen LogP) is 1.33. The summed E-state index contributed by atoms with van der Waals surface area (Å²) in [6.07, 6.45) is 4.36. The first-order valence-corrected chi connectivity index (χ1v) is 16.9. The van der Waals surface area contributed by atoms with Crippen LogP contribution in [0.1, 0.15) is 65.9 Å². The predicted molar refractivity (Wildman–Crippen MR) is 171 cm³/mol. The van der Waals surface area contributed by atoms with Gasteiger partial charge in [-0.15, -0.1) is 0 Å². The van der Waals surface area contributed by atoms with E-state index in [4.69, 9.17) is 0 Å². The summed E-state index contributed by atoms with van der Waals surface area (Å²) >= 11 is 0. The third-order valence-corrected chi connectivity index (χ3v) is 7.83. The van der Waals surface area contributed by atoms with Gasteiger partial charge in [-0.05, 0) is 55.7 Å². The third-order valence-electron chi connectivity index (χ3n) is 7.08. The molecule has 0 fully saturated rings. The fourth-order valence-corrected chi connectivity index (χ4v) is 5.30. The number of nitrogens with one attached hydrogen (secondary N) is 4. The topological polar surface area (TPSA) is 208 Å². The Hall–Kier alpha value is -4.11. The van der Waals surface area contributed by atoms with E-state index in [1.54, 1.807) is 26.0 Å². The number of hydrogen-bond donors (Lipinski definition) is 5. The minimum atomic E-state index is -4.71. The van der Waals surface area contributed by atoms with Crippen molar-refractivity contribution in [2.45, 2.75) is 84.8 Å². The van der Waals surface area contributed by atoms with Gasteiger partial charge in [0.15, 0.2) is 0 Å². The molecule has 254 valence electrons. The number of imide groups is 1. The molecule has 1 aromatic rings. The van der Waals surface area contributed by atoms with Crippen molar-refractivity contribution < 1.29 is 41.7 Å². The Bertz CT molecular complexity index is 1390. The van der Waals surface area contributed by atoms with Crippen LogP contribution in [0.2, 0.25) is 0 Å². The second-order valence-corrected chi connectivity index (χ2v) is 13.6. The van der Waals surface area contributed by atoms with E-state index in [-0.39, 0.29) is 13.0 Å². The average Bonchev–Trinajstić information content (AvgIpc) is 3.27. The Kier molecular flexibility index (Phi) is 14.5. The molecule has 2 rings (SSSR count). The molecule has 1 aromatic carbocycles. The molecule has 0 aromatic heterocycles. The maximum absolute atomic E-state index is 13.1. The molecule has 1 aliphatic heterocycles. The standard InChI is InChI=1S/C31H45N5O9S/c1-19(2)17-22-10-12-23(13-11-22)33-29(40)21(5)32-31(42)28(20(3)4)35-30(41)24(18-46(43,44)45)34-25(37)9-7-6-8-16-36-26(38)14-15-27(36)39/h10-15,19-21,24,28H,6-9,16-18H2,1-5H3,(H,32,42)(H,33,40)(H,34,37)(H,35,41)(H,43,44,45)/t21-,24-,28?/m0/s1. The van der Waals surface area contributed by atoms with Crippen LogP contribution in [0.4, 0.5) is 5.69 Å². The van der Waals surface area contributed by atoms with Crippen LogP contribution in [0.25, 0.3) is 0 Å². The maximum Gasteiger partial charge on any atom is 0.267 e. The lowest BCUT2D eigenvalue weighted by molar-refractivity contribution is -0.137. The highest BCUT2D eigenvalue weighted by Gasteiger charge is 2.32. The summed E-state index contributed by atoms with van der Waals surface area (Å²) in [5.41, 5.74) is 1.67. The van der Waals surface area contributed by atoms with Gasteiger partial charge in [-0.3, -0.25) is 38.2 Å². The molecule has 3 atom stereocenters. The zero-order valence-corrected chi connectivity index (χ0v) is 27.7. The van der Waals surface area contributed by atoms with Gasteiger partial charge in [-0.2, -0.15) is 8.42 Å². The van der Waals surface area contributed by atoms with Gasteiger partial charge in [0.1, 0.15) is 23.9 Å². The number of unbranched alkanes of at least 4 members (excludes halogenated alkanes) is 2. The van der Waals surface area contributed by atoms with Crippen LogP contribution in [0.3, 0.4) is 0 Å². The zero-order chi connectivity index (χ0) is 34.6. The van der Waals surface area contributed by atoms with Gasteiger partial charge in [0.25, 0.3) is 21.9 Å². The lowest BCUT2D eigenvalue weighted by Crippen LogP contribution is -2.58. The summed E-state index contributed by atoms with van der Waals surface area (Å²) < 4.78 is 32.7. The Morgan fingerprint density at radius 3 is 1.96 bits per heavy atom. The van der Waals surface area contributed by atoms with Crippen LogP contribution < -0.4 is 21.3 Å². The maximum atomic E-state index is 13.1. The van der Waals surface area contributed by atoms with Crippen molar-refractivity contribution in [1.82, 2.24) is 20.9 Å². The number of anilines is 1. The van der Waals surface area contributed by atoms with Crippen molar-refractivity contribution in [3.05, 3.63) is 42.0 Å². The minimum absolute atomic E-state index is 0.101. The lowest BCUT2D eigenvalue weighted by Gasteiger charge is -2.26. The smallest absolute Gasteiger partial charge is 0.267 e. The molecule has 0 radical (unpaired) electrons. The number of hydrogen-bond acceptors (Lipinski definition) is 8. The van der Waals surface area contributed by atoms with E-state index < -0.39 is 75.4 Å². The molecule has 5 N–H and O–H groups in total. The van der Waals surface area contributed by atoms with Crippen molar-refractivity contribution in [3.8, 4) is 0 Å². The summed E-state index contributed by atoms with van der Waals surface area (Å²) in [5.74, 6) is -4.86. The molecule has 0 bridgehead atoms. The minimum Gasteiger partial charge on any atom is -0.343 e. The van der Waals surface area contributed by atoms with Crippen LogP contribution in [-0.4, -0.2) is 83.7 Å².